The van der Waals surface area contributed by atoms with Crippen LogP contribution in [0.2, 0.25) is 0 Å². The standard InChI is InChI=1S/C12H26O/c1-6-7-8-11(13)9-10(2)12(3,4)5/h10-11,13H,6-9H2,1-5H3. The Hall–Kier alpha value is -0.0400. The van der Waals surface area contributed by atoms with Gasteiger partial charge in [0, 0.05) is 0 Å². The summed E-state index contributed by atoms with van der Waals surface area (Å²) < 4.78 is 0. The number of hydrogen-bond acceptors (Lipinski definition) is 1. The molecule has 0 aromatic rings. The fraction of sp³-hybridized carbons (Fsp3) is 1.00. The van der Waals surface area contributed by atoms with Gasteiger partial charge in [-0.1, -0.05) is 47.5 Å². The molecule has 0 aromatic heterocycles. The average Bonchev–Trinajstić information content (AvgIpc) is 1.99. The van der Waals surface area contributed by atoms with E-state index < -0.39 is 0 Å². The molecule has 1 heteroatoms. The lowest BCUT2D eigenvalue weighted by molar-refractivity contribution is 0.101. The first-order valence-corrected chi connectivity index (χ1v) is 5.56. The lowest BCUT2D eigenvalue weighted by atomic mass is 9.78. The summed E-state index contributed by atoms with van der Waals surface area (Å²) in [6.45, 7) is 11.1. The van der Waals surface area contributed by atoms with Gasteiger partial charge in [0.2, 0.25) is 0 Å². The van der Waals surface area contributed by atoms with Crippen LogP contribution in [0.25, 0.3) is 0 Å². The minimum Gasteiger partial charge on any atom is -0.393 e. The summed E-state index contributed by atoms with van der Waals surface area (Å²) >= 11 is 0. The van der Waals surface area contributed by atoms with E-state index in [2.05, 4.69) is 34.6 Å². The van der Waals surface area contributed by atoms with Crippen LogP contribution in [0.15, 0.2) is 0 Å². The molecular formula is C12H26O. The molecule has 0 bridgehead atoms. The van der Waals surface area contributed by atoms with Crippen molar-refractivity contribution in [3.8, 4) is 0 Å². The molecule has 0 spiro atoms. The van der Waals surface area contributed by atoms with Crippen LogP contribution >= 0.6 is 0 Å². The fourth-order valence-corrected chi connectivity index (χ4v) is 1.32. The third-order valence-electron chi connectivity index (χ3n) is 2.99. The maximum atomic E-state index is 9.71. The van der Waals surface area contributed by atoms with E-state index in [-0.39, 0.29) is 6.10 Å². The van der Waals surface area contributed by atoms with Gasteiger partial charge in [0.15, 0.2) is 0 Å². The van der Waals surface area contributed by atoms with Gasteiger partial charge in [-0.3, -0.25) is 0 Å². The lowest BCUT2D eigenvalue weighted by Gasteiger charge is -2.29. The van der Waals surface area contributed by atoms with Crippen molar-refractivity contribution in [1.29, 1.82) is 0 Å². The highest BCUT2D eigenvalue weighted by molar-refractivity contribution is 4.72. The van der Waals surface area contributed by atoms with Crippen LogP contribution in [-0.4, -0.2) is 11.2 Å². The summed E-state index contributed by atoms with van der Waals surface area (Å²) in [4.78, 5) is 0. The van der Waals surface area contributed by atoms with Gasteiger partial charge < -0.3 is 5.11 Å². The van der Waals surface area contributed by atoms with Crippen LogP contribution in [0, 0.1) is 11.3 Å². The molecule has 2 atom stereocenters. The van der Waals surface area contributed by atoms with Gasteiger partial charge in [-0.25, -0.2) is 0 Å². The number of hydrogen-bond donors (Lipinski definition) is 1. The van der Waals surface area contributed by atoms with E-state index in [1.165, 1.54) is 6.42 Å². The fourth-order valence-electron chi connectivity index (χ4n) is 1.32. The Balaban J connectivity index is 3.71. The molecular weight excluding hydrogens is 160 g/mol. The lowest BCUT2D eigenvalue weighted by Crippen LogP contribution is -2.22. The zero-order valence-corrected chi connectivity index (χ0v) is 9.93. The molecule has 0 radical (unpaired) electrons. The molecule has 80 valence electrons. The van der Waals surface area contributed by atoms with Crippen molar-refractivity contribution in [3.63, 3.8) is 0 Å². The van der Waals surface area contributed by atoms with Crippen molar-refractivity contribution in [3.05, 3.63) is 0 Å². The van der Waals surface area contributed by atoms with Crippen LogP contribution in [-0.2, 0) is 0 Å². The molecule has 0 heterocycles. The molecule has 0 aliphatic rings. The SMILES string of the molecule is CCCCC(O)CC(C)C(C)(C)C. The molecule has 0 amide bonds. The van der Waals surface area contributed by atoms with E-state index in [1.807, 2.05) is 0 Å². The summed E-state index contributed by atoms with van der Waals surface area (Å²) in [7, 11) is 0. The molecule has 1 N–H and O–H groups in total. The summed E-state index contributed by atoms with van der Waals surface area (Å²) in [6, 6.07) is 0. The predicted octanol–water partition coefficient (Wildman–Crippen LogP) is 3.61. The van der Waals surface area contributed by atoms with Crippen molar-refractivity contribution < 1.29 is 5.11 Å². The topological polar surface area (TPSA) is 20.2 Å². The quantitative estimate of drug-likeness (QED) is 0.695. The van der Waals surface area contributed by atoms with Crippen LogP contribution in [0.3, 0.4) is 0 Å². The molecule has 2 unspecified atom stereocenters. The second-order valence-corrected chi connectivity index (χ2v) is 5.30. The largest absolute Gasteiger partial charge is 0.393 e. The smallest absolute Gasteiger partial charge is 0.0543 e. The van der Waals surface area contributed by atoms with E-state index in [0.717, 1.165) is 19.3 Å². The maximum absolute atomic E-state index is 9.71. The second kappa shape index (κ2) is 5.64. The Morgan fingerprint density at radius 3 is 2.15 bits per heavy atom. The highest BCUT2D eigenvalue weighted by Crippen LogP contribution is 2.29. The summed E-state index contributed by atoms with van der Waals surface area (Å²) in [6.07, 6.45) is 4.16. The maximum Gasteiger partial charge on any atom is 0.0543 e. The van der Waals surface area contributed by atoms with Crippen LogP contribution in [0.5, 0.6) is 0 Å². The van der Waals surface area contributed by atoms with Crippen molar-refractivity contribution in [1.82, 2.24) is 0 Å². The van der Waals surface area contributed by atoms with Crippen molar-refractivity contribution in [2.75, 3.05) is 0 Å². The van der Waals surface area contributed by atoms with Crippen LogP contribution < -0.4 is 0 Å². The second-order valence-electron chi connectivity index (χ2n) is 5.30. The third-order valence-corrected chi connectivity index (χ3v) is 2.99. The molecule has 13 heavy (non-hydrogen) atoms. The van der Waals surface area contributed by atoms with E-state index in [1.54, 1.807) is 0 Å². The first-order valence-electron chi connectivity index (χ1n) is 5.56. The van der Waals surface area contributed by atoms with Gasteiger partial charge >= 0.3 is 0 Å². The molecule has 0 fully saturated rings. The molecule has 0 rings (SSSR count). The van der Waals surface area contributed by atoms with E-state index in [9.17, 15) is 5.11 Å². The van der Waals surface area contributed by atoms with E-state index in [4.69, 9.17) is 0 Å². The number of rotatable bonds is 5. The van der Waals surface area contributed by atoms with Crippen LogP contribution in [0.1, 0.15) is 60.3 Å². The number of aliphatic hydroxyl groups excluding tert-OH is 1. The van der Waals surface area contributed by atoms with E-state index in [0.29, 0.717) is 11.3 Å². The molecule has 0 aliphatic carbocycles. The number of unbranched alkanes of at least 4 members (excludes halogenated alkanes) is 1. The first-order chi connectivity index (χ1) is 5.88. The first kappa shape index (κ1) is 13.0. The minimum atomic E-state index is -0.0887. The monoisotopic (exact) mass is 186 g/mol. The Bertz CT molecular complexity index is 124. The summed E-state index contributed by atoms with van der Waals surface area (Å²) in [5.74, 6) is 0.597. The molecule has 0 saturated heterocycles. The van der Waals surface area contributed by atoms with Crippen LogP contribution in [0.4, 0.5) is 0 Å². The minimum absolute atomic E-state index is 0.0887. The Morgan fingerprint density at radius 1 is 1.23 bits per heavy atom. The third kappa shape index (κ3) is 6.09. The zero-order valence-electron chi connectivity index (χ0n) is 9.93. The highest BCUT2D eigenvalue weighted by atomic mass is 16.3. The van der Waals surface area contributed by atoms with Crippen molar-refractivity contribution in [2.24, 2.45) is 11.3 Å². The van der Waals surface area contributed by atoms with Gasteiger partial charge in [-0.05, 0) is 24.2 Å². The Labute approximate surface area is 83.5 Å². The summed E-state index contributed by atoms with van der Waals surface area (Å²) in [5.41, 5.74) is 0.327. The Morgan fingerprint density at radius 2 is 1.77 bits per heavy atom. The highest BCUT2D eigenvalue weighted by Gasteiger charge is 2.22. The van der Waals surface area contributed by atoms with Crippen molar-refractivity contribution >= 4 is 0 Å². The van der Waals surface area contributed by atoms with Gasteiger partial charge in [0.05, 0.1) is 6.10 Å². The number of aliphatic hydroxyl groups is 1. The zero-order chi connectivity index (χ0) is 10.5. The molecule has 0 aliphatic heterocycles. The van der Waals surface area contributed by atoms with Gasteiger partial charge in [-0.2, -0.15) is 0 Å². The molecule has 1 nitrogen and oxygen atoms in total. The van der Waals surface area contributed by atoms with Gasteiger partial charge in [0.1, 0.15) is 0 Å². The predicted molar refractivity (Wildman–Crippen MR) is 58.8 cm³/mol. The Kier molecular flexibility index (Phi) is 5.62. The molecule has 0 aromatic carbocycles. The molecule has 0 saturated carbocycles. The van der Waals surface area contributed by atoms with Crippen molar-refractivity contribution in [2.45, 2.75) is 66.4 Å². The average molecular weight is 186 g/mol. The van der Waals surface area contributed by atoms with Gasteiger partial charge in [-0.15, -0.1) is 0 Å². The van der Waals surface area contributed by atoms with Gasteiger partial charge in [0.25, 0.3) is 0 Å². The van der Waals surface area contributed by atoms with E-state index >= 15 is 0 Å². The normalized spacial score (nSPS) is 17.1. The summed E-state index contributed by atoms with van der Waals surface area (Å²) in [5, 5.41) is 9.71.